The summed E-state index contributed by atoms with van der Waals surface area (Å²) in [7, 11) is 0. The number of aromatic nitrogens is 1. The number of rotatable bonds is 2. The van der Waals surface area contributed by atoms with Gasteiger partial charge in [0.15, 0.2) is 0 Å². The Bertz CT molecular complexity index is 337. The van der Waals surface area contributed by atoms with Gasteiger partial charge in [-0.15, -0.1) is 11.3 Å². The monoisotopic (exact) mass is 240 g/mol. The summed E-state index contributed by atoms with van der Waals surface area (Å²) in [6.07, 6.45) is 1.05. The molecule has 16 heavy (non-hydrogen) atoms. The van der Waals surface area contributed by atoms with Gasteiger partial charge in [0.25, 0.3) is 0 Å². The van der Waals surface area contributed by atoms with Crippen molar-refractivity contribution in [1.82, 2.24) is 10.3 Å². The Hall–Kier alpha value is -0.450. The summed E-state index contributed by atoms with van der Waals surface area (Å²) in [6, 6.07) is 0.290. The first kappa shape index (κ1) is 12.0. The van der Waals surface area contributed by atoms with Gasteiger partial charge in [-0.2, -0.15) is 0 Å². The maximum atomic E-state index is 5.45. The second-order valence-electron chi connectivity index (χ2n) is 5.49. The molecule has 0 bridgehead atoms. The van der Waals surface area contributed by atoms with Gasteiger partial charge in [0.05, 0.1) is 30.0 Å². The first-order valence-electron chi connectivity index (χ1n) is 5.80. The third-order valence-electron chi connectivity index (χ3n) is 2.53. The maximum absolute atomic E-state index is 5.45. The zero-order valence-electron chi connectivity index (χ0n) is 10.2. The quantitative estimate of drug-likeness (QED) is 0.862. The van der Waals surface area contributed by atoms with E-state index in [4.69, 9.17) is 9.72 Å². The Kier molecular flexibility index (Phi) is 3.62. The van der Waals surface area contributed by atoms with Crippen molar-refractivity contribution in [1.29, 1.82) is 0 Å². The van der Waals surface area contributed by atoms with Crippen molar-refractivity contribution < 1.29 is 4.74 Å². The Morgan fingerprint density at radius 2 is 2.38 bits per heavy atom. The Balaban J connectivity index is 2.01. The van der Waals surface area contributed by atoms with Gasteiger partial charge in [-0.3, -0.25) is 0 Å². The number of hydrogen-bond acceptors (Lipinski definition) is 4. The van der Waals surface area contributed by atoms with E-state index in [0.29, 0.717) is 11.5 Å². The summed E-state index contributed by atoms with van der Waals surface area (Å²) in [6.45, 7) is 9.23. The van der Waals surface area contributed by atoms with Crippen molar-refractivity contribution in [3.63, 3.8) is 0 Å². The van der Waals surface area contributed by atoms with E-state index < -0.39 is 0 Å². The SMILES string of the molecule is CC(C)(C)Cc1nc(C2COCCN2)cs1. The normalized spacial score (nSPS) is 22.3. The fraction of sp³-hybridized carbons (Fsp3) is 0.750. The highest BCUT2D eigenvalue weighted by atomic mass is 32.1. The summed E-state index contributed by atoms with van der Waals surface area (Å²) < 4.78 is 5.45. The highest BCUT2D eigenvalue weighted by molar-refractivity contribution is 7.09. The zero-order chi connectivity index (χ0) is 11.6. The van der Waals surface area contributed by atoms with Gasteiger partial charge in [0.2, 0.25) is 0 Å². The van der Waals surface area contributed by atoms with Crippen molar-refractivity contribution in [2.24, 2.45) is 5.41 Å². The second kappa shape index (κ2) is 4.82. The first-order valence-corrected chi connectivity index (χ1v) is 6.68. The lowest BCUT2D eigenvalue weighted by molar-refractivity contribution is 0.0757. The number of morpholine rings is 1. The molecule has 0 amide bonds. The lowest BCUT2D eigenvalue weighted by Gasteiger charge is -2.22. The summed E-state index contributed by atoms with van der Waals surface area (Å²) in [5, 5.41) is 6.82. The molecule has 3 nitrogen and oxygen atoms in total. The average Bonchev–Trinajstić information content (AvgIpc) is 2.65. The molecular formula is C12H20N2OS. The molecule has 1 aromatic heterocycles. The van der Waals surface area contributed by atoms with Gasteiger partial charge < -0.3 is 10.1 Å². The van der Waals surface area contributed by atoms with Crippen LogP contribution in [-0.4, -0.2) is 24.7 Å². The van der Waals surface area contributed by atoms with E-state index in [9.17, 15) is 0 Å². The van der Waals surface area contributed by atoms with Crippen molar-refractivity contribution in [3.05, 3.63) is 16.1 Å². The molecule has 1 atom stereocenters. The number of thiazole rings is 1. The molecule has 2 heterocycles. The molecule has 1 saturated heterocycles. The fourth-order valence-electron chi connectivity index (χ4n) is 1.78. The Morgan fingerprint density at radius 3 is 3.00 bits per heavy atom. The van der Waals surface area contributed by atoms with E-state index in [-0.39, 0.29) is 0 Å². The number of hydrogen-bond donors (Lipinski definition) is 1. The van der Waals surface area contributed by atoms with Crippen LogP contribution >= 0.6 is 11.3 Å². The highest BCUT2D eigenvalue weighted by Crippen LogP contribution is 2.25. The molecule has 0 aliphatic carbocycles. The number of ether oxygens (including phenoxy) is 1. The second-order valence-corrected chi connectivity index (χ2v) is 6.43. The van der Waals surface area contributed by atoms with Gasteiger partial charge in [0.1, 0.15) is 0 Å². The molecule has 1 aliphatic rings. The van der Waals surface area contributed by atoms with E-state index >= 15 is 0 Å². The molecule has 1 N–H and O–H groups in total. The van der Waals surface area contributed by atoms with Crippen LogP contribution in [0.4, 0.5) is 0 Å². The van der Waals surface area contributed by atoms with Crippen molar-refractivity contribution in [3.8, 4) is 0 Å². The van der Waals surface area contributed by atoms with Gasteiger partial charge in [-0.1, -0.05) is 20.8 Å². The minimum absolute atomic E-state index is 0.290. The van der Waals surface area contributed by atoms with Crippen molar-refractivity contribution in [2.75, 3.05) is 19.8 Å². The van der Waals surface area contributed by atoms with Crippen LogP contribution in [0.3, 0.4) is 0 Å². The molecular weight excluding hydrogens is 220 g/mol. The standard InChI is InChI=1S/C12H20N2OS/c1-12(2,3)6-11-14-10(8-16-11)9-7-15-5-4-13-9/h8-9,13H,4-7H2,1-3H3. The lowest BCUT2D eigenvalue weighted by Crippen LogP contribution is -2.34. The molecule has 0 aromatic carbocycles. The van der Waals surface area contributed by atoms with E-state index in [1.54, 1.807) is 11.3 Å². The summed E-state index contributed by atoms with van der Waals surface area (Å²) in [5.41, 5.74) is 1.45. The third-order valence-corrected chi connectivity index (χ3v) is 3.40. The summed E-state index contributed by atoms with van der Waals surface area (Å²) in [4.78, 5) is 4.70. The summed E-state index contributed by atoms with van der Waals surface area (Å²) in [5.74, 6) is 0. The van der Waals surface area contributed by atoms with Crippen molar-refractivity contribution >= 4 is 11.3 Å². The average molecular weight is 240 g/mol. The molecule has 1 unspecified atom stereocenters. The minimum Gasteiger partial charge on any atom is -0.378 e. The molecule has 1 aromatic rings. The zero-order valence-corrected chi connectivity index (χ0v) is 11.1. The molecule has 1 fully saturated rings. The van der Waals surface area contributed by atoms with Crippen LogP contribution in [0.25, 0.3) is 0 Å². The third kappa shape index (κ3) is 3.27. The predicted molar refractivity (Wildman–Crippen MR) is 66.8 cm³/mol. The number of nitrogens with zero attached hydrogens (tertiary/aromatic N) is 1. The smallest absolute Gasteiger partial charge is 0.0934 e. The van der Waals surface area contributed by atoms with Gasteiger partial charge in [-0.25, -0.2) is 4.98 Å². The molecule has 1 aliphatic heterocycles. The van der Waals surface area contributed by atoms with Crippen LogP contribution in [-0.2, 0) is 11.2 Å². The molecule has 0 saturated carbocycles. The minimum atomic E-state index is 0.290. The van der Waals surface area contributed by atoms with E-state index in [0.717, 1.165) is 31.9 Å². The van der Waals surface area contributed by atoms with Gasteiger partial charge in [-0.05, 0) is 5.41 Å². The fourth-order valence-corrected chi connectivity index (χ4v) is 2.92. The Morgan fingerprint density at radius 1 is 1.56 bits per heavy atom. The lowest BCUT2D eigenvalue weighted by atomic mass is 9.93. The van der Waals surface area contributed by atoms with Crippen LogP contribution in [0.5, 0.6) is 0 Å². The highest BCUT2D eigenvalue weighted by Gasteiger charge is 2.20. The van der Waals surface area contributed by atoms with Crippen LogP contribution in [0, 0.1) is 5.41 Å². The maximum Gasteiger partial charge on any atom is 0.0934 e. The van der Waals surface area contributed by atoms with Crippen LogP contribution in [0.15, 0.2) is 5.38 Å². The largest absolute Gasteiger partial charge is 0.378 e. The van der Waals surface area contributed by atoms with E-state index in [1.165, 1.54) is 5.01 Å². The number of nitrogens with one attached hydrogen (secondary N) is 1. The molecule has 2 rings (SSSR count). The topological polar surface area (TPSA) is 34.1 Å². The predicted octanol–water partition coefficient (Wildman–Crippen LogP) is 2.39. The van der Waals surface area contributed by atoms with E-state index in [2.05, 4.69) is 31.5 Å². The van der Waals surface area contributed by atoms with Crippen LogP contribution in [0.1, 0.15) is 37.5 Å². The van der Waals surface area contributed by atoms with E-state index in [1.807, 2.05) is 0 Å². The molecule has 0 spiro atoms. The van der Waals surface area contributed by atoms with Crippen LogP contribution < -0.4 is 5.32 Å². The van der Waals surface area contributed by atoms with Gasteiger partial charge >= 0.3 is 0 Å². The van der Waals surface area contributed by atoms with Crippen LogP contribution in [0.2, 0.25) is 0 Å². The first-order chi connectivity index (χ1) is 7.54. The molecule has 0 radical (unpaired) electrons. The van der Waals surface area contributed by atoms with Gasteiger partial charge in [0, 0.05) is 18.3 Å². The Labute approximate surface area is 101 Å². The van der Waals surface area contributed by atoms with Crippen molar-refractivity contribution in [2.45, 2.75) is 33.2 Å². The summed E-state index contributed by atoms with van der Waals surface area (Å²) >= 11 is 1.76. The molecule has 90 valence electrons. The molecule has 4 heteroatoms.